The summed E-state index contributed by atoms with van der Waals surface area (Å²) in [6, 6.07) is 24.5. The number of hydrogen-bond donors (Lipinski definition) is 3. The van der Waals surface area contributed by atoms with Gasteiger partial charge in [-0.3, -0.25) is 9.69 Å². The van der Waals surface area contributed by atoms with Crippen LogP contribution in [0.4, 0.5) is 4.79 Å². The van der Waals surface area contributed by atoms with E-state index in [1.165, 1.54) is 19.3 Å². The average Bonchev–Trinajstić information content (AvgIpc) is 3.34. The number of hydrogen-bond acceptors (Lipinski definition) is 7. The number of carbonyl (C=O) groups is 2. The topological polar surface area (TPSA) is 109 Å². The van der Waals surface area contributed by atoms with Crippen LogP contribution in [0.25, 0.3) is 11.1 Å². The number of aliphatic hydroxyl groups excluding tert-OH is 1. The lowest BCUT2D eigenvalue weighted by Crippen LogP contribution is -2.46. The van der Waals surface area contributed by atoms with E-state index in [1.54, 1.807) is 6.92 Å². The number of carbonyl (C=O) groups excluding carboxylic acids is 2. The Morgan fingerprint density at radius 1 is 0.940 bits per heavy atom. The number of esters is 1. The second-order valence-electron chi connectivity index (χ2n) is 15.6. The molecule has 1 aliphatic carbocycles. The lowest BCUT2D eigenvalue weighted by molar-refractivity contribution is -0.276. The number of nitrogens with one attached hydrogen (secondary N) is 2. The fourth-order valence-corrected chi connectivity index (χ4v) is 8.73. The largest absolute Gasteiger partial charge is 0.465 e. The van der Waals surface area contributed by atoms with E-state index >= 15 is 0 Å². The molecule has 268 valence electrons. The Balaban J connectivity index is 1.19. The summed E-state index contributed by atoms with van der Waals surface area (Å²) in [4.78, 5) is 26.6. The van der Waals surface area contributed by atoms with Gasteiger partial charge in [-0.1, -0.05) is 100 Å². The molecule has 1 saturated carbocycles. The van der Waals surface area contributed by atoms with Gasteiger partial charge in [0.1, 0.15) is 6.54 Å². The molecule has 3 aliphatic rings. The molecule has 6 unspecified atom stereocenters. The van der Waals surface area contributed by atoms with Crippen molar-refractivity contribution in [3.05, 3.63) is 95.1 Å². The van der Waals surface area contributed by atoms with E-state index in [4.69, 9.17) is 14.2 Å². The van der Waals surface area contributed by atoms with E-state index in [2.05, 4.69) is 79.6 Å². The fourth-order valence-electron chi connectivity index (χ4n) is 8.73. The maximum Gasteiger partial charge on any atom is 0.325 e. The van der Waals surface area contributed by atoms with Crippen LogP contribution >= 0.6 is 0 Å². The standard InChI is InChI=1S/C41H53N3O6/c1-6-48-36(46)22-43-39(47)42-21-32-9-7-8-10-34(32)29-15-17-31(18-16-29)38-49-35(23-44-26-41(5)20-33(44)19-40(3,4)25-41)27(2)37(50-38)30-13-11-28(24-45)12-14-30/h7-18,27,33,35,37-38,45H,6,19-26H2,1-5H3,(H2,42,43,47). The first-order valence-electron chi connectivity index (χ1n) is 18.1. The van der Waals surface area contributed by atoms with Gasteiger partial charge < -0.3 is 30.0 Å². The first-order valence-corrected chi connectivity index (χ1v) is 18.1. The van der Waals surface area contributed by atoms with Crippen LogP contribution < -0.4 is 10.6 Å². The third-order valence-corrected chi connectivity index (χ3v) is 10.7. The number of amides is 2. The molecule has 6 rings (SSSR count). The number of likely N-dealkylation sites (tertiary alicyclic amines) is 1. The zero-order valence-corrected chi connectivity index (χ0v) is 30.1. The monoisotopic (exact) mass is 683 g/mol. The fraction of sp³-hybridized carbons (Fsp3) is 0.512. The molecule has 50 heavy (non-hydrogen) atoms. The van der Waals surface area contributed by atoms with Gasteiger partial charge >= 0.3 is 12.0 Å². The summed E-state index contributed by atoms with van der Waals surface area (Å²) in [6.07, 6.45) is 2.99. The van der Waals surface area contributed by atoms with Crippen LogP contribution in [0.5, 0.6) is 0 Å². The summed E-state index contributed by atoms with van der Waals surface area (Å²) < 4.78 is 18.5. The van der Waals surface area contributed by atoms with E-state index < -0.39 is 18.3 Å². The predicted octanol–water partition coefficient (Wildman–Crippen LogP) is 6.90. The second-order valence-corrected chi connectivity index (χ2v) is 15.6. The Labute approximate surface area is 296 Å². The van der Waals surface area contributed by atoms with Crippen molar-refractivity contribution < 1.29 is 28.9 Å². The van der Waals surface area contributed by atoms with E-state index in [9.17, 15) is 14.7 Å². The van der Waals surface area contributed by atoms with E-state index in [-0.39, 0.29) is 37.9 Å². The Hall–Kier alpha value is -3.76. The van der Waals surface area contributed by atoms with Crippen LogP contribution in [0, 0.1) is 16.7 Å². The summed E-state index contributed by atoms with van der Waals surface area (Å²) in [5.74, 6) is -0.349. The highest BCUT2D eigenvalue weighted by Crippen LogP contribution is 2.53. The van der Waals surface area contributed by atoms with Gasteiger partial charge in [-0.15, -0.1) is 0 Å². The molecule has 0 radical (unpaired) electrons. The number of nitrogens with zero attached hydrogens (tertiary/aromatic N) is 1. The number of benzene rings is 3. The van der Waals surface area contributed by atoms with Crippen molar-refractivity contribution in [3.8, 4) is 11.1 Å². The molecule has 3 N–H and O–H groups in total. The van der Waals surface area contributed by atoms with Crippen molar-refractivity contribution in [2.24, 2.45) is 16.7 Å². The third-order valence-electron chi connectivity index (χ3n) is 10.7. The van der Waals surface area contributed by atoms with Gasteiger partial charge in [-0.2, -0.15) is 0 Å². The van der Waals surface area contributed by atoms with Crippen molar-refractivity contribution in [1.29, 1.82) is 0 Å². The quantitative estimate of drug-likeness (QED) is 0.189. The van der Waals surface area contributed by atoms with Gasteiger partial charge in [0.25, 0.3) is 0 Å². The van der Waals surface area contributed by atoms with Gasteiger partial charge in [0.05, 0.1) is 25.4 Å². The minimum absolute atomic E-state index is 0.00933. The van der Waals surface area contributed by atoms with Crippen LogP contribution in [-0.2, 0) is 32.2 Å². The van der Waals surface area contributed by atoms with Crippen LogP contribution in [-0.4, -0.2) is 60.4 Å². The summed E-state index contributed by atoms with van der Waals surface area (Å²) in [7, 11) is 0. The molecule has 2 saturated heterocycles. The molecule has 3 fully saturated rings. The van der Waals surface area contributed by atoms with Crippen molar-refractivity contribution >= 4 is 12.0 Å². The van der Waals surface area contributed by atoms with Gasteiger partial charge in [0.15, 0.2) is 6.29 Å². The van der Waals surface area contributed by atoms with Crippen LogP contribution in [0.15, 0.2) is 72.8 Å². The third kappa shape index (κ3) is 8.40. The molecular weight excluding hydrogens is 630 g/mol. The van der Waals surface area contributed by atoms with Crippen molar-refractivity contribution in [1.82, 2.24) is 15.5 Å². The molecule has 2 amide bonds. The normalized spacial score (nSPS) is 27.4. The highest BCUT2D eigenvalue weighted by molar-refractivity contribution is 5.81. The molecule has 6 atom stereocenters. The maximum absolute atomic E-state index is 12.3. The van der Waals surface area contributed by atoms with Gasteiger partial charge in [-0.05, 0) is 64.8 Å². The highest BCUT2D eigenvalue weighted by Gasteiger charge is 2.51. The van der Waals surface area contributed by atoms with Crippen molar-refractivity contribution in [2.75, 3.05) is 26.2 Å². The van der Waals surface area contributed by atoms with Crippen LogP contribution in [0.1, 0.15) is 88.5 Å². The molecule has 2 bridgehead atoms. The number of aliphatic hydroxyl groups is 1. The molecule has 3 aromatic carbocycles. The summed E-state index contributed by atoms with van der Waals surface area (Å²) in [5.41, 5.74) is 6.56. The summed E-state index contributed by atoms with van der Waals surface area (Å²) in [5, 5.41) is 15.0. The Morgan fingerprint density at radius 2 is 1.66 bits per heavy atom. The number of urea groups is 1. The molecule has 0 spiro atoms. The Bertz CT molecular complexity index is 1630. The maximum atomic E-state index is 12.3. The van der Waals surface area contributed by atoms with Crippen LogP contribution in [0.3, 0.4) is 0 Å². The molecule has 2 heterocycles. The van der Waals surface area contributed by atoms with Crippen LogP contribution in [0.2, 0.25) is 0 Å². The summed E-state index contributed by atoms with van der Waals surface area (Å²) in [6.45, 7) is 13.6. The Kier molecular flexibility index (Phi) is 11.0. The summed E-state index contributed by atoms with van der Waals surface area (Å²) >= 11 is 0. The number of rotatable bonds is 11. The lowest BCUT2D eigenvalue weighted by Gasteiger charge is -2.43. The molecule has 2 aliphatic heterocycles. The first kappa shape index (κ1) is 36.0. The molecule has 9 nitrogen and oxygen atoms in total. The van der Waals surface area contributed by atoms with Crippen molar-refractivity contribution in [3.63, 3.8) is 0 Å². The van der Waals surface area contributed by atoms with E-state index in [0.717, 1.165) is 46.5 Å². The predicted molar refractivity (Wildman–Crippen MR) is 193 cm³/mol. The van der Waals surface area contributed by atoms with Gasteiger partial charge in [0, 0.05) is 37.2 Å². The first-order chi connectivity index (χ1) is 24.0. The van der Waals surface area contributed by atoms with E-state index in [0.29, 0.717) is 23.4 Å². The second kappa shape index (κ2) is 15.2. The zero-order valence-electron chi connectivity index (χ0n) is 30.1. The number of ether oxygens (including phenoxy) is 3. The highest BCUT2D eigenvalue weighted by atomic mass is 16.7. The minimum atomic E-state index is -0.540. The lowest BCUT2D eigenvalue weighted by atomic mass is 9.65. The minimum Gasteiger partial charge on any atom is -0.465 e. The van der Waals surface area contributed by atoms with Gasteiger partial charge in [-0.25, -0.2) is 4.79 Å². The SMILES string of the molecule is CCOC(=O)CNC(=O)NCc1ccccc1-c1ccc(C2OC(CN3CC4(C)CC3CC(C)(C)C4)C(C)C(c3ccc(CO)cc3)O2)cc1. The molecular formula is C41H53N3O6. The van der Waals surface area contributed by atoms with Gasteiger partial charge in [0.2, 0.25) is 0 Å². The molecule has 9 heteroatoms. The van der Waals surface area contributed by atoms with E-state index in [1.807, 2.05) is 36.4 Å². The smallest absolute Gasteiger partial charge is 0.325 e. The molecule has 0 aromatic heterocycles. The number of fused-ring (bicyclic) bond motifs is 2. The molecule has 3 aromatic rings. The average molecular weight is 684 g/mol. The Morgan fingerprint density at radius 3 is 2.38 bits per heavy atom. The zero-order chi connectivity index (χ0) is 35.5. The van der Waals surface area contributed by atoms with Crippen molar-refractivity contribution in [2.45, 2.75) is 91.6 Å².